The predicted molar refractivity (Wildman–Crippen MR) is 71.6 cm³/mol. The molecule has 0 saturated heterocycles. The van der Waals surface area contributed by atoms with Crippen molar-refractivity contribution >= 4 is 11.5 Å². The number of nitrogens with one attached hydrogen (secondary N) is 1. The summed E-state index contributed by atoms with van der Waals surface area (Å²) >= 11 is 0. The Labute approximate surface area is 106 Å². The first-order chi connectivity index (χ1) is 8.76. The number of anilines is 1. The Bertz CT molecular complexity index is 547. The van der Waals surface area contributed by atoms with Crippen molar-refractivity contribution in [2.75, 3.05) is 5.32 Å². The van der Waals surface area contributed by atoms with Crippen molar-refractivity contribution in [2.45, 2.75) is 44.7 Å². The zero-order valence-electron chi connectivity index (χ0n) is 10.6. The van der Waals surface area contributed by atoms with Crippen LogP contribution in [0.2, 0.25) is 0 Å². The minimum atomic E-state index is 0.336. The molecule has 0 aliphatic heterocycles. The SMILES string of the molecule is CCc1cc(N[C@H]2CC[C@H](N)C2)n2nccc2n1. The van der Waals surface area contributed by atoms with Gasteiger partial charge in [-0.2, -0.15) is 9.61 Å². The Morgan fingerprint density at radius 2 is 2.39 bits per heavy atom. The molecule has 2 aromatic rings. The lowest BCUT2D eigenvalue weighted by atomic mass is 10.2. The van der Waals surface area contributed by atoms with Crippen LogP contribution in [0.1, 0.15) is 31.9 Å². The molecule has 0 amide bonds. The van der Waals surface area contributed by atoms with Crippen LogP contribution >= 0.6 is 0 Å². The summed E-state index contributed by atoms with van der Waals surface area (Å²) in [7, 11) is 0. The monoisotopic (exact) mass is 245 g/mol. The molecule has 5 nitrogen and oxygen atoms in total. The Morgan fingerprint density at radius 1 is 1.50 bits per heavy atom. The van der Waals surface area contributed by atoms with E-state index in [1.165, 1.54) is 0 Å². The van der Waals surface area contributed by atoms with Crippen LogP contribution in [-0.4, -0.2) is 26.7 Å². The fourth-order valence-corrected chi connectivity index (χ4v) is 2.61. The van der Waals surface area contributed by atoms with Gasteiger partial charge in [0.05, 0.1) is 6.20 Å². The molecular formula is C13H19N5. The molecule has 0 radical (unpaired) electrons. The minimum Gasteiger partial charge on any atom is -0.367 e. The Morgan fingerprint density at radius 3 is 3.11 bits per heavy atom. The number of hydrogen-bond donors (Lipinski definition) is 2. The van der Waals surface area contributed by atoms with Gasteiger partial charge in [0, 0.05) is 29.9 Å². The normalized spacial score (nSPS) is 23.7. The molecule has 0 bridgehead atoms. The smallest absolute Gasteiger partial charge is 0.157 e. The summed E-state index contributed by atoms with van der Waals surface area (Å²) in [5, 5.41) is 7.87. The average molecular weight is 245 g/mol. The molecule has 0 aromatic carbocycles. The topological polar surface area (TPSA) is 68.2 Å². The number of aromatic nitrogens is 3. The maximum absolute atomic E-state index is 5.95. The average Bonchev–Trinajstić information content (AvgIpc) is 2.98. The number of aryl methyl sites for hydroxylation is 1. The molecule has 1 saturated carbocycles. The standard InChI is InChI=1S/C13H19N5/c1-2-10-8-13(17-11-4-3-9(14)7-11)18-12(16-10)5-6-15-18/h5-6,8-9,11,17H,2-4,7,14H2,1H3/t9-,11-/m0/s1. The number of fused-ring (bicyclic) bond motifs is 1. The molecule has 3 rings (SSSR count). The maximum Gasteiger partial charge on any atom is 0.157 e. The molecular weight excluding hydrogens is 226 g/mol. The molecule has 18 heavy (non-hydrogen) atoms. The van der Waals surface area contributed by atoms with Crippen molar-refractivity contribution < 1.29 is 0 Å². The number of nitrogens with two attached hydrogens (primary N) is 1. The molecule has 2 atom stereocenters. The van der Waals surface area contributed by atoms with E-state index < -0.39 is 0 Å². The van der Waals surface area contributed by atoms with E-state index in [0.29, 0.717) is 12.1 Å². The Kier molecular flexibility index (Phi) is 2.91. The third kappa shape index (κ3) is 2.06. The molecule has 0 spiro atoms. The third-order valence-electron chi connectivity index (χ3n) is 3.60. The molecule has 1 aliphatic carbocycles. The summed E-state index contributed by atoms with van der Waals surface area (Å²) in [5.41, 5.74) is 7.95. The van der Waals surface area contributed by atoms with E-state index in [1.54, 1.807) is 6.20 Å². The summed E-state index contributed by atoms with van der Waals surface area (Å²) in [6, 6.07) is 4.82. The highest BCUT2D eigenvalue weighted by Crippen LogP contribution is 2.22. The van der Waals surface area contributed by atoms with Crippen molar-refractivity contribution in [2.24, 2.45) is 5.73 Å². The van der Waals surface area contributed by atoms with E-state index in [9.17, 15) is 0 Å². The molecule has 2 aromatic heterocycles. The number of hydrogen-bond acceptors (Lipinski definition) is 4. The highest BCUT2D eigenvalue weighted by molar-refractivity contribution is 5.49. The lowest BCUT2D eigenvalue weighted by Gasteiger charge is -2.15. The van der Waals surface area contributed by atoms with Crippen molar-refractivity contribution in [1.29, 1.82) is 0 Å². The largest absolute Gasteiger partial charge is 0.367 e. The Balaban J connectivity index is 1.92. The van der Waals surface area contributed by atoms with Gasteiger partial charge < -0.3 is 11.1 Å². The van der Waals surface area contributed by atoms with Gasteiger partial charge in [-0.3, -0.25) is 0 Å². The van der Waals surface area contributed by atoms with E-state index in [-0.39, 0.29) is 0 Å². The zero-order chi connectivity index (χ0) is 12.5. The van der Waals surface area contributed by atoms with Crippen LogP contribution < -0.4 is 11.1 Å². The van der Waals surface area contributed by atoms with Gasteiger partial charge in [-0.15, -0.1) is 0 Å². The lowest BCUT2D eigenvalue weighted by Crippen LogP contribution is -2.22. The lowest BCUT2D eigenvalue weighted by molar-refractivity contribution is 0.684. The van der Waals surface area contributed by atoms with Gasteiger partial charge in [-0.1, -0.05) is 6.92 Å². The number of rotatable bonds is 3. The second-order valence-corrected chi connectivity index (χ2v) is 5.00. The third-order valence-corrected chi connectivity index (χ3v) is 3.60. The highest BCUT2D eigenvalue weighted by atomic mass is 15.3. The quantitative estimate of drug-likeness (QED) is 0.861. The van der Waals surface area contributed by atoms with Crippen molar-refractivity contribution in [1.82, 2.24) is 14.6 Å². The minimum absolute atomic E-state index is 0.336. The molecule has 1 aliphatic rings. The predicted octanol–water partition coefficient (Wildman–Crippen LogP) is 1.58. The van der Waals surface area contributed by atoms with Gasteiger partial charge >= 0.3 is 0 Å². The van der Waals surface area contributed by atoms with Gasteiger partial charge in [0.15, 0.2) is 5.65 Å². The van der Waals surface area contributed by atoms with Crippen LogP contribution in [0.25, 0.3) is 5.65 Å². The first-order valence-corrected chi connectivity index (χ1v) is 6.62. The maximum atomic E-state index is 5.95. The van der Waals surface area contributed by atoms with Crippen LogP contribution in [0.4, 0.5) is 5.82 Å². The van der Waals surface area contributed by atoms with Crippen LogP contribution in [0, 0.1) is 0 Å². The second kappa shape index (κ2) is 4.57. The van der Waals surface area contributed by atoms with E-state index in [4.69, 9.17) is 5.73 Å². The summed E-state index contributed by atoms with van der Waals surface area (Å²) < 4.78 is 1.86. The number of nitrogens with zero attached hydrogens (tertiary/aromatic N) is 3. The van der Waals surface area contributed by atoms with Crippen LogP contribution in [0.3, 0.4) is 0 Å². The summed E-state index contributed by atoms with van der Waals surface area (Å²) in [5.74, 6) is 1.03. The molecule has 5 heteroatoms. The fourth-order valence-electron chi connectivity index (χ4n) is 2.61. The van der Waals surface area contributed by atoms with Crippen molar-refractivity contribution in [3.05, 3.63) is 24.0 Å². The molecule has 1 fully saturated rings. The van der Waals surface area contributed by atoms with Gasteiger partial charge in [0.25, 0.3) is 0 Å². The molecule has 2 heterocycles. The second-order valence-electron chi connectivity index (χ2n) is 5.00. The van der Waals surface area contributed by atoms with Gasteiger partial charge in [-0.25, -0.2) is 4.98 Å². The van der Waals surface area contributed by atoms with E-state index in [0.717, 1.165) is 42.8 Å². The first kappa shape index (κ1) is 11.5. The van der Waals surface area contributed by atoms with E-state index >= 15 is 0 Å². The van der Waals surface area contributed by atoms with Crippen LogP contribution in [-0.2, 0) is 6.42 Å². The zero-order valence-corrected chi connectivity index (χ0v) is 10.6. The van der Waals surface area contributed by atoms with Crippen LogP contribution in [0.15, 0.2) is 18.3 Å². The summed E-state index contributed by atoms with van der Waals surface area (Å²) in [6.45, 7) is 2.12. The van der Waals surface area contributed by atoms with E-state index in [2.05, 4.69) is 28.4 Å². The molecule has 96 valence electrons. The Hall–Kier alpha value is -1.62. The van der Waals surface area contributed by atoms with Gasteiger partial charge in [0.2, 0.25) is 0 Å². The molecule has 3 N–H and O–H groups in total. The summed E-state index contributed by atoms with van der Waals surface area (Å²) in [6.07, 6.45) is 5.99. The molecule has 0 unspecified atom stereocenters. The van der Waals surface area contributed by atoms with Crippen molar-refractivity contribution in [3.8, 4) is 0 Å². The first-order valence-electron chi connectivity index (χ1n) is 6.62. The van der Waals surface area contributed by atoms with Crippen LogP contribution in [0.5, 0.6) is 0 Å². The van der Waals surface area contributed by atoms with Gasteiger partial charge in [0.1, 0.15) is 5.82 Å². The van der Waals surface area contributed by atoms with Crippen molar-refractivity contribution in [3.63, 3.8) is 0 Å². The van der Waals surface area contributed by atoms with Gasteiger partial charge in [-0.05, 0) is 25.7 Å². The fraction of sp³-hybridized carbons (Fsp3) is 0.538. The van der Waals surface area contributed by atoms with E-state index in [1.807, 2.05) is 10.6 Å². The highest BCUT2D eigenvalue weighted by Gasteiger charge is 2.22. The summed E-state index contributed by atoms with van der Waals surface area (Å²) in [4.78, 5) is 4.54.